The molecular weight excluding hydrogens is 311 g/mol. The second-order valence-corrected chi connectivity index (χ2v) is 6.48. The van der Waals surface area contributed by atoms with E-state index < -0.39 is 0 Å². The molecule has 2 aliphatic heterocycles. The number of likely N-dealkylation sites (tertiary alicyclic amines) is 1. The fraction of sp³-hybridized carbons (Fsp3) is 0.556. The summed E-state index contributed by atoms with van der Waals surface area (Å²) in [6.45, 7) is 4.44. The largest absolute Gasteiger partial charge is 0.370 e. The summed E-state index contributed by atoms with van der Waals surface area (Å²) in [4.78, 5) is 27.8. The molecule has 0 aromatic heterocycles. The monoisotopic (exact) mass is 334 g/mol. The van der Waals surface area contributed by atoms with Gasteiger partial charge in [-0.25, -0.2) is 4.39 Å². The van der Waals surface area contributed by atoms with E-state index in [1.165, 1.54) is 12.1 Å². The summed E-state index contributed by atoms with van der Waals surface area (Å²) < 4.78 is 18.8. The molecule has 2 heterocycles. The Morgan fingerprint density at radius 1 is 1.08 bits per heavy atom. The number of morpholine rings is 1. The van der Waals surface area contributed by atoms with Crippen LogP contribution in [0.5, 0.6) is 0 Å². The van der Waals surface area contributed by atoms with Gasteiger partial charge in [0.25, 0.3) is 0 Å². The fourth-order valence-electron chi connectivity index (χ4n) is 3.43. The van der Waals surface area contributed by atoms with Crippen molar-refractivity contribution in [2.24, 2.45) is 5.92 Å². The molecule has 0 N–H and O–H groups in total. The molecule has 1 unspecified atom stereocenters. The Morgan fingerprint density at radius 3 is 2.38 bits per heavy atom. The lowest BCUT2D eigenvalue weighted by Crippen LogP contribution is -2.48. The zero-order valence-electron chi connectivity index (χ0n) is 13.9. The third-order valence-corrected chi connectivity index (χ3v) is 4.91. The van der Waals surface area contributed by atoms with Gasteiger partial charge >= 0.3 is 0 Å². The maximum Gasteiger partial charge on any atom is 0.225 e. The molecule has 0 aliphatic carbocycles. The topological polar surface area (TPSA) is 49.9 Å². The van der Waals surface area contributed by atoms with Gasteiger partial charge in [0, 0.05) is 32.5 Å². The number of ether oxygens (including phenoxy) is 1. The lowest BCUT2D eigenvalue weighted by Gasteiger charge is -2.37. The van der Waals surface area contributed by atoms with Crippen molar-refractivity contribution in [3.63, 3.8) is 0 Å². The van der Waals surface area contributed by atoms with Crippen LogP contribution in [0.3, 0.4) is 0 Å². The summed E-state index contributed by atoms with van der Waals surface area (Å²) in [6.07, 6.45) is 1.23. The number of hydrogen-bond donors (Lipinski definition) is 0. The van der Waals surface area contributed by atoms with Crippen LogP contribution in [-0.2, 0) is 14.3 Å². The summed E-state index contributed by atoms with van der Waals surface area (Å²) >= 11 is 0. The van der Waals surface area contributed by atoms with Crippen LogP contribution in [-0.4, -0.2) is 54.4 Å². The van der Waals surface area contributed by atoms with Crippen LogP contribution in [0.4, 0.5) is 4.39 Å². The van der Waals surface area contributed by atoms with Crippen molar-refractivity contribution in [3.05, 3.63) is 35.6 Å². The van der Waals surface area contributed by atoms with Crippen LogP contribution in [0.1, 0.15) is 31.4 Å². The number of piperidine rings is 1. The minimum Gasteiger partial charge on any atom is -0.370 e. The first-order chi connectivity index (χ1) is 11.5. The standard InChI is InChI=1S/C18H23FN2O3/c1-13(22)20-8-6-15(7-9-20)18(23)21-10-11-24-17(12-21)14-2-4-16(19)5-3-14/h2-5,15,17H,6-12H2,1H3. The molecule has 130 valence electrons. The van der Waals surface area contributed by atoms with Crippen LogP contribution >= 0.6 is 0 Å². The summed E-state index contributed by atoms with van der Waals surface area (Å²) in [5, 5.41) is 0. The van der Waals surface area contributed by atoms with E-state index in [4.69, 9.17) is 4.74 Å². The third-order valence-electron chi connectivity index (χ3n) is 4.91. The Hall–Kier alpha value is -1.95. The summed E-state index contributed by atoms with van der Waals surface area (Å²) in [7, 11) is 0. The Balaban J connectivity index is 1.59. The molecule has 2 aliphatic rings. The molecule has 2 amide bonds. The Labute approximate surface area is 141 Å². The van der Waals surface area contributed by atoms with Crippen molar-refractivity contribution >= 4 is 11.8 Å². The summed E-state index contributed by atoms with van der Waals surface area (Å²) in [6, 6.07) is 6.24. The van der Waals surface area contributed by atoms with Crippen LogP contribution in [0.15, 0.2) is 24.3 Å². The normalized spacial score (nSPS) is 22.5. The van der Waals surface area contributed by atoms with Crippen LogP contribution in [0.25, 0.3) is 0 Å². The lowest BCUT2D eigenvalue weighted by molar-refractivity contribution is -0.146. The highest BCUT2D eigenvalue weighted by atomic mass is 19.1. The molecule has 0 bridgehead atoms. The van der Waals surface area contributed by atoms with E-state index >= 15 is 0 Å². The number of halogens is 1. The quantitative estimate of drug-likeness (QED) is 0.831. The van der Waals surface area contributed by atoms with E-state index in [1.54, 1.807) is 24.0 Å². The summed E-state index contributed by atoms with van der Waals surface area (Å²) in [5.41, 5.74) is 0.889. The average Bonchev–Trinajstić information content (AvgIpc) is 2.62. The number of hydrogen-bond acceptors (Lipinski definition) is 3. The number of carbonyl (C=O) groups is 2. The van der Waals surface area contributed by atoms with Gasteiger partial charge in [-0.05, 0) is 30.5 Å². The highest BCUT2D eigenvalue weighted by molar-refractivity contribution is 5.80. The van der Waals surface area contributed by atoms with Crippen LogP contribution < -0.4 is 0 Å². The van der Waals surface area contributed by atoms with Crippen molar-refractivity contribution in [1.29, 1.82) is 0 Å². The third kappa shape index (κ3) is 3.75. The molecule has 0 saturated carbocycles. The van der Waals surface area contributed by atoms with Gasteiger partial charge in [-0.1, -0.05) is 12.1 Å². The molecule has 2 fully saturated rings. The molecule has 2 saturated heterocycles. The van der Waals surface area contributed by atoms with Crippen molar-refractivity contribution in [2.45, 2.75) is 25.9 Å². The predicted octanol–water partition coefficient (Wildman–Crippen LogP) is 1.98. The lowest BCUT2D eigenvalue weighted by atomic mass is 9.94. The SMILES string of the molecule is CC(=O)N1CCC(C(=O)N2CCOC(c3ccc(F)cc3)C2)CC1. The Morgan fingerprint density at radius 2 is 1.75 bits per heavy atom. The predicted molar refractivity (Wildman–Crippen MR) is 86.7 cm³/mol. The number of benzene rings is 1. The maximum absolute atomic E-state index is 13.1. The molecule has 1 atom stereocenters. The van der Waals surface area contributed by atoms with Crippen LogP contribution in [0, 0.1) is 11.7 Å². The van der Waals surface area contributed by atoms with E-state index in [1.807, 2.05) is 4.90 Å². The van der Waals surface area contributed by atoms with Gasteiger partial charge in [0.2, 0.25) is 11.8 Å². The van der Waals surface area contributed by atoms with Gasteiger partial charge in [0.1, 0.15) is 11.9 Å². The van der Waals surface area contributed by atoms with E-state index in [0.717, 1.165) is 18.4 Å². The van der Waals surface area contributed by atoms with Crippen molar-refractivity contribution in [2.75, 3.05) is 32.8 Å². The second-order valence-electron chi connectivity index (χ2n) is 6.48. The van der Waals surface area contributed by atoms with E-state index in [-0.39, 0.29) is 29.7 Å². The van der Waals surface area contributed by atoms with Gasteiger partial charge in [-0.2, -0.15) is 0 Å². The van der Waals surface area contributed by atoms with E-state index in [0.29, 0.717) is 32.8 Å². The minimum atomic E-state index is -0.278. The van der Waals surface area contributed by atoms with Gasteiger partial charge in [-0.3, -0.25) is 9.59 Å². The highest BCUT2D eigenvalue weighted by Crippen LogP contribution is 2.26. The molecule has 5 nitrogen and oxygen atoms in total. The number of carbonyl (C=O) groups excluding carboxylic acids is 2. The Kier molecular flexibility index (Phi) is 5.14. The molecule has 24 heavy (non-hydrogen) atoms. The zero-order chi connectivity index (χ0) is 17.1. The first kappa shape index (κ1) is 16.9. The second kappa shape index (κ2) is 7.30. The molecule has 1 aromatic carbocycles. The molecule has 1 aromatic rings. The van der Waals surface area contributed by atoms with Crippen LogP contribution in [0.2, 0.25) is 0 Å². The summed E-state index contributed by atoms with van der Waals surface area (Å²) in [5.74, 6) is -0.0791. The van der Waals surface area contributed by atoms with E-state index in [9.17, 15) is 14.0 Å². The first-order valence-electron chi connectivity index (χ1n) is 8.46. The van der Waals surface area contributed by atoms with Crippen molar-refractivity contribution in [3.8, 4) is 0 Å². The van der Waals surface area contributed by atoms with Gasteiger partial charge in [0.05, 0.1) is 13.2 Å². The first-order valence-corrected chi connectivity index (χ1v) is 8.46. The van der Waals surface area contributed by atoms with Gasteiger partial charge in [0.15, 0.2) is 0 Å². The van der Waals surface area contributed by atoms with Gasteiger partial charge < -0.3 is 14.5 Å². The van der Waals surface area contributed by atoms with E-state index in [2.05, 4.69) is 0 Å². The highest BCUT2D eigenvalue weighted by Gasteiger charge is 2.32. The smallest absolute Gasteiger partial charge is 0.225 e. The molecular formula is C18H23FN2O3. The van der Waals surface area contributed by atoms with Gasteiger partial charge in [-0.15, -0.1) is 0 Å². The average molecular weight is 334 g/mol. The fourth-order valence-corrected chi connectivity index (χ4v) is 3.43. The molecule has 0 radical (unpaired) electrons. The Bertz CT molecular complexity index is 597. The zero-order valence-corrected chi connectivity index (χ0v) is 13.9. The maximum atomic E-state index is 13.1. The molecule has 6 heteroatoms. The molecule has 0 spiro atoms. The minimum absolute atomic E-state index is 0.0208. The van der Waals surface area contributed by atoms with Crippen molar-refractivity contribution in [1.82, 2.24) is 9.80 Å². The van der Waals surface area contributed by atoms with Crippen molar-refractivity contribution < 1.29 is 18.7 Å². The number of nitrogens with zero attached hydrogens (tertiary/aromatic N) is 2. The number of rotatable bonds is 2. The molecule has 3 rings (SSSR count). The number of amides is 2.